The predicted molar refractivity (Wildman–Crippen MR) is 59.7 cm³/mol. The summed E-state index contributed by atoms with van der Waals surface area (Å²) in [7, 11) is 0. The Labute approximate surface area is 102 Å². The van der Waals surface area contributed by atoms with Crippen LogP contribution in [0.25, 0.3) is 0 Å². The fourth-order valence-corrected chi connectivity index (χ4v) is 1.31. The molecular formula is C13H11F3O2. The Morgan fingerprint density at radius 2 is 1.89 bits per heavy atom. The van der Waals surface area contributed by atoms with Crippen LogP contribution in [0.2, 0.25) is 0 Å². The van der Waals surface area contributed by atoms with E-state index in [4.69, 9.17) is 5.11 Å². The normalized spacial score (nSPS) is 12.4. The van der Waals surface area contributed by atoms with E-state index in [1.54, 1.807) is 5.92 Å². The minimum Gasteiger partial charge on any atom is -0.480 e. The van der Waals surface area contributed by atoms with Gasteiger partial charge in [-0.2, -0.15) is 13.2 Å². The van der Waals surface area contributed by atoms with Crippen LogP contribution in [0.5, 0.6) is 0 Å². The maximum atomic E-state index is 12.2. The number of halogens is 3. The standard InChI is InChI=1S/C13H11F3O2/c14-13(15,16)11(12(17)18)9-5-4-8-10-6-2-1-3-7-10/h1-3,6-7,11H,4,8H2,(H,17,18). The maximum absolute atomic E-state index is 12.2. The molecule has 2 nitrogen and oxygen atoms in total. The van der Waals surface area contributed by atoms with E-state index >= 15 is 0 Å². The van der Waals surface area contributed by atoms with Gasteiger partial charge in [-0.25, -0.2) is 0 Å². The lowest BCUT2D eigenvalue weighted by atomic mass is 10.1. The van der Waals surface area contributed by atoms with Gasteiger partial charge in [0, 0.05) is 6.42 Å². The van der Waals surface area contributed by atoms with Gasteiger partial charge in [-0.1, -0.05) is 36.3 Å². The topological polar surface area (TPSA) is 37.3 Å². The third kappa shape index (κ3) is 4.50. The van der Waals surface area contributed by atoms with Gasteiger partial charge >= 0.3 is 12.1 Å². The highest BCUT2D eigenvalue weighted by atomic mass is 19.4. The Morgan fingerprint density at radius 3 is 2.39 bits per heavy atom. The molecule has 0 spiro atoms. The van der Waals surface area contributed by atoms with E-state index in [1.165, 1.54) is 0 Å². The van der Waals surface area contributed by atoms with Crippen molar-refractivity contribution in [3.63, 3.8) is 0 Å². The molecule has 18 heavy (non-hydrogen) atoms. The van der Waals surface area contributed by atoms with Crippen LogP contribution in [-0.2, 0) is 11.2 Å². The van der Waals surface area contributed by atoms with Gasteiger partial charge < -0.3 is 5.11 Å². The largest absolute Gasteiger partial charge is 0.480 e. The predicted octanol–water partition coefficient (Wildman–Crippen LogP) is 2.89. The van der Waals surface area contributed by atoms with E-state index in [9.17, 15) is 18.0 Å². The highest BCUT2D eigenvalue weighted by Crippen LogP contribution is 2.25. The van der Waals surface area contributed by atoms with Crippen LogP contribution in [0, 0.1) is 17.8 Å². The summed E-state index contributed by atoms with van der Waals surface area (Å²) >= 11 is 0. The number of carboxylic acid groups (broad SMARTS) is 1. The molecule has 0 fully saturated rings. The minimum atomic E-state index is -4.83. The van der Waals surface area contributed by atoms with Crippen molar-refractivity contribution in [2.24, 2.45) is 5.92 Å². The summed E-state index contributed by atoms with van der Waals surface area (Å²) in [6, 6.07) is 9.14. The molecule has 0 aliphatic rings. The molecule has 1 aromatic rings. The molecule has 1 atom stereocenters. The molecular weight excluding hydrogens is 245 g/mol. The van der Waals surface area contributed by atoms with E-state index in [2.05, 4.69) is 5.92 Å². The van der Waals surface area contributed by atoms with Gasteiger partial charge in [0.25, 0.3) is 0 Å². The van der Waals surface area contributed by atoms with E-state index < -0.39 is 18.1 Å². The van der Waals surface area contributed by atoms with Gasteiger partial charge in [0.2, 0.25) is 5.92 Å². The fourth-order valence-electron chi connectivity index (χ4n) is 1.31. The molecule has 1 rings (SSSR count). The number of carboxylic acids is 1. The number of rotatable bonds is 3. The Bertz CT molecular complexity index is 455. The third-order valence-electron chi connectivity index (χ3n) is 2.20. The van der Waals surface area contributed by atoms with Crippen LogP contribution in [-0.4, -0.2) is 17.3 Å². The van der Waals surface area contributed by atoms with Crippen molar-refractivity contribution in [1.29, 1.82) is 0 Å². The van der Waals surface area contributed by atoms with Gasteiger partial charge in [0.05, 0.1) is 0 Å². The van der Waals surface area contributed by atoms with Crippen LogP contribution in [0.1, 0.15) is 12.0 Å². The van der Waals surface area contributed by atoms with Gasteiger partial charge in [0.15, 0.2) is 0 Å². The summed E-state index contributed by atoms with van der Waals surface area (Å²) in [6.07, 6.45) is -4.13. The van der Waals surface area contributed by atoms with Gasteiger partial charge in [0.1, 0.15) is 0 Å². The van der Waals surface area contributed by atoms with E-state index in [0.29, 0.717) is 6.42 Å². The SMILES string of the molecule is O=C(O)C(C#CCCc1ccccc1)C(F)(F)F. The van der Waals surface area contributed by atoms with Crippen molar-refractivity contribution in [3.05, 3.63) is 35.9 Å². The second-order valence-corrected chi connectivity index (χ2v) is 3.62. The summed E-state index contributed by atoms with van der Waals surface area (Å²) in [5, 5.41) is 8.40. The second-order valence-electron chi connectivity index (χ2n) is 3.62. The smallest absolute Gasteiger partial charge is 0.412 e. The number of hydrogen-bond acceptors (Lipinski definition) is 1. The van der Waals surface area contributed by atoms with Crippen LogP contribution >= 0.6 is 0 Å². The third-order valence-corrected chi connectivity index (χ3v) is 2.20. The van der Waals surface area contributed by atoms with Crippen LogP contribution in [0.3, 0.4) is 0 Å². The van der Waals surface area contributed by atoms with Crippen molar-refractivity contribution in [2.45, 2.75) is 19.0 Å². The lowest BCUT2D eigenvalue weighted by Gasteiger charge is -2.09. The lowest BCUT2D eigenvalue weighted by molar-refractivity contribution is -0.181. The zero-order chi connectivity index (χ0) is 13.6. The maximum Gasteiger partial charge on any atom is 0.412 e. The van der Waals surface area contributed by atoms with Crippen molar-refractivity contribution >= 4 is 5.97 Å². The average Bonchev–Trinajstić information content (AvgIpc) is 2.27. The van der Waals surface area contributed by atoms with Crippen molar-refractivity contribution < 1.29 is 23.1 Å². The molecule has 0 aliphatic heterocycles. The van der Waals surface area contributed by atoms with E-state index in [1.807, 2.05) is 30.3 Å². The molecule has 96 valence electrons. The quantitative estimate of drug-likeness (QED) is 0.844. The molecule has 0 saturated carbocycles. The van der Waals surface area contributed by atoms with Crippen molar-refractivity contribution in [1.82, 2.24) is 0 Å². The first-order chi connectivity index (χ1) is 8.41. The number of carbonyl (C=O) groups is 1. The molecule has 0 saturated heterocycles. The van der Waals surface area contributed by atoms with Crippen molar-refractivity contribution in [3.8, 4) is 11.8 Å². The first-order valence-corrected chi connectivity index (χ1v) is 5.23. The zero-order valence-corrected chi connectivity index (χ0v) is 9.37. The Balaban J connectivity index is 2.57. The van der Waals surface area contributed by atoms with Gasteiger partial charge in [-0.15, -0.1) is 5.92 Å². The highest BCUT2D eigenvalue weighted by Gasteiger charge is 2.44. The Kier molecular flexibility index (Phi) is 4.78. The van der Waals surface area contributed by atoms with Crippen LogP contribution < -0.4 is 0 Å². The van der Waals surface area contributed by atoms with E-state index in [0.717, 1.165) is 5.56 Å². The summed E-state index contributed by atoms with van der Waals surface area (Å²) < 4.78 is 36.7. The number of aliphatic carboxylic acids is 1. The highest BCUT2D eigenvalue weighted by molar-refractivity contribution is 5.74. The number of alkyl halides is 3. The number of benzene rings is 1. The van der Waals surface area contributed by atoms with Gasteiger partial charge in [-0.05, 0) is 12.0 Å². The molecule has 1 aromatic carbocycles. The summed E-state index contributed by atoms with van der Waals surface area (Å²) in [5.41, 5.74) is 0.950. The Hall–Kier alpha value is -1.96. The molecule has 0 heterocycles. The lowest BCUT2D eigenvalue weighted by Crippen LogP contribution is -2.29. The molecule has 0 aliphatic carbocycles. The first-order valence-electron chi connectivity index (χ1n) is 5.23. The molecule has 5 heteroatoms. The fraction of sp³-hybridized carbons (Fsp3) is 0.308. The van der Waals surface area contributed by atoms with Crippen LogP contribution in [0.15, 0.2) is 30.3 Å². The van der Waals surface area contributed by atoms with Crippen molar-refractivity contribution in [2.75, 3.05) is 0 Å². The first kappa shape index (κ1) is 14.1. The molecule has 0 aromatic heterocycles. The average molecular weight is 256 g/mol. The second kappa shape index (κ2) is 6.10. The molecule has 1 N–H and O–H groups in total. The van der Waals surface area contributed by atoms with Gasteiger partial charge in [-0.3, -0.25) is 4.79 Å². The zero-order valence-electron chi connectivity index (χ0n) is 9.37. The summed E-state index contributed by atoms with van der Waals surface area (Å²) in [4.78, 5) is 10.4. The Morgan fingerprint density at radius 1 is 1.28 bits per heavy atom. The summed E-state index contributed by atoms with van der Waals surface area (Å²) in [6.45, 7) is 0. The molecule has 0 radical (unpaired) electrons. The minimum absolute atomic E-state index is 0.198. The number of hydrogen-bond donors (Lipinski definition) is 1. The van der Waals surface area contributed by atoms with Crippen LogP contribution in [0.4, 0.5) is 13.2 Å². The monoisotopic (exact) mass is 256 g/mol. The molecule has 1 unspecified atom stereocenters. The van der Waals surface area contributed by atoms with E-state index in [-0.39, 0.29) is 6.42 Å². The molecule has 0 amide bonds. The number of aryl methyl sites for hydroxylation is 1. The molecule has 0 bridgehead atoms. The summed E-state index contributed by atoms with van der Waals surface area (Å²) in [5.74, 6) is -0.541.